The van der Waals surface area contributed by atoms with E-state index >= 15 is 0 Å². The number of benzene rings is 2. The predicted octanol–water partition coefficient (Wildman–Crippen LogP) is 3.59. The molecule has 0 fully saturated rings. The Morgan fingerprint density at radius 3 is 2.20 bits per heavy atom. The van der Waals surface area contributed by atoms with Gasteiger partial charge in [0.2, 0.25) is 0 Å². The molecule has 0 saturated carbocycles. The summed E-state index contributed by atoms with van der Waals surface area (Å²) in [6.07, 6.45) is 0. The Balaban J connectivity index is 0.000000181. The Bertz CT molecular complexity index is 919. The highest BCUT2D eigenvalue weighted by molar-refractivity contribution is 9.10. The first-order chi connectivity index (χ1) is 11.6. The van der Waals surface area contributed by atoms with Gasteiger partial charge in [-0.3, -0.25) is 9.59 Å². The second kappa shape index (κ2) is 7.28. The molecular weight excluding hydrogens is 470 g/mol. The summed E-state index contributed by atoms with van der Waals surface area (Å²) < 4.78 is 26.5. The topological polar surface area (TPSA) is 109 Å². The number of fused-ring (bicyclic) bond motifs is 1. The average Bonchev–Trinajstić information content (AvgIpc) is 2.85. The van der Waals surface area contributed by atoms with Gasteiger partial charge in [0.1, 0.15) is 0 Å². The van der Waals surface area contributed by atoms with Gasteiger partial charge in [0, 0.05) is 0 Å². The lowest BCUT2D eigenvalue weighted by Crippen LogP contribution is -2.12. The number of Topliss-reactive ketones (excluding diaryl/α,β-unsaturated/α-hetero) is 1. The van der Waals surface area contributed by atoms with Crippen LogP contribution in [0.2, 0.25) is 0 Å². The van der Waals surface area contributed by atoms with Crippen molar-refractivity contribution in [3.05, 3.63) is 56.0 Å². The van der Waals surface area contributed by atoms with E-state index in [9.17, 15) is 23.2 Å². The van der Waals surface area contributed by atoms with Crippen LogP contribution in [-0.4, -0.2) is 22.8 Å². The standard InChI is InChI=1S/C8H3BrFNO2.C7H5BrFNO2/c9-4-2-1-3-6(5(4)10)11-8(13)7(3)12;8-4-2-1-3(7(11)12)6(10)5(4)9/h1-2H,(H,11,12,13);1-2H,10H2,(H,11,12). The highest BCUT2D eigenvalue weighted by Gasteiger charge is 2.31. The van der Waals surface area contributed by atoms with E-state index in [1.807, 2.05) is 0 Å². The van der Waals surface area contributed by atoms with Crippen molar-refractivity contribution in [2.75, 3.05) is 11.1 Å². The largest absolute Gasteiger partial charge is 0.478 e. The van der Waals surface area contributed by atoms with Gasteiger partial charge in [0.05, 0.1) is 31.4 Å². The van der Waals surface area contributed by atoms with Crippen molar-refractivity contribution >= 4 is 60.9 Å². The van der Waals surface area contributed by atoms with Gasteiger partial charge in [-0.05, 0) is 56.1 Å². The number of anilines is 2. The van der Waals surface area contributed by atoms with Crippen LogP contribution in [-0.2, 0) is 4.79 Å². The van der Waals surface area contributed by atoms with Crippen LogP contribution in [0.4, 0.5) is 20.2 Å². The zero-order valence-corrected chi connectivity index (χ0v) is 15.2. The SMILES string of the molecule is Nc1c(C(=O)O)ccc(Br)c1F.O=C1Nc2c(ccc(Br)c2F)C1=O. The Hall–Kier alpha value is -2.33. The van der Waals surface area contributed by atoms with Gasteiger partial charge in [0.25, 0.3) is 11.7 Å². The summed E-state index contributed by atoms with van der Waals surface area (Å²) in [6, 6.07) is 5.34. The third kappa shape index (κ3) is 3.69. The van der Waals surface area contributed by atoms with E-state index in [2.05, 4.69) is 37.2 Å². The fraction of sp³-hybridized carbons (Fsp3) is 0. The van der Waals surface area contributed by atoms with Gasteiger partial charge in [0.15, 0.2) is 11.6 Å². The Labute approximate surface area is 156 Å². The Morgan fingerprint density at radius 1 is 1.04 bits per heavy atom. The molecule has 3 rings (SSSR count). The summed E-state index contributed by atoms with van der Waals surface area (Å²) >= 11 is 5.83. The van der Waals surface area contributed by atoms with E-state index in [4.69, 9.17) is 10.8 Å². The van der Waals surface area contributed by atoms with Gasteiger partial charge < -0.3 is 16.2 Å². The number of carboxylic acid groups (broad SMARTS) is 1. The molecule has 0 spiro atoms. The molecule has 1 amide bonds. The number of nitrogen functional groups attached to an aromatic ring is 1. The quantitative estimate of drug-likeness (QED) is 0.429. The number of halogens is 4. The van der Waals surface area contributed by atoms with Crippen molar-refractivity contribution in [2.24, 2.45) is 0 Å². The maximum Gasteiger partial charge on any atom is 0.337 e. The lowest BCUT2D eigenvalue weighted by atomic mass is 10.1. The minimum atomic E-state index is -1.24. The van der Waals surface area contributed by atoms with Crippen molar-refractivity contribution in [2.45, 2.75) is 0 Å². The van der Waals surface area contributed by atoms with Crippen LogP contribution in [0.1, 0.15) is 20.7 Å². The van der Waals surface area contributed by atoms with Crippen LogP contribution < -0.4 is 11.1 Å². The fourth-order valence-corrected chi connectivity index (χ4v) is 2.58. The van der Waals surface area contributed by atoms with Crippen LogP contribution in [0.25, 0.3) is 0 Å². The average molecular weight is 478 g/mol. The summed E-state index contributed by atoms with van der Waals surface area (Å²) in [5.41, 5.74) is 4.67. The van der Waals surface area contributed by atoms with Crippen LogP contribution >= 0.6 is 31.9 Å². The minimum absolute atomic E-state index is 0.0376. The second-order valence-corrected chi connectivity index (χ2v) is 6.40. The zero-order chi connectivity index (χ0) is 18.9. The highest BCUT2D eigenvalue weighted by Crippen LogP contribution is 2.30. The summed E-state index contributed by atoms with van der Waals surface area (Å²) in [4.78, 5) is 32.3. The van der Waals surface area contributed by atoms with Crippen LogP contribution in [0.15, 0.2) is 33.2 Å². The number of hydrogen-bond donors (Lipinski definition) is 3. The van der Waals surface area contributed by atoms with Crippen molar-refractivity contribution in [3.8, 4) is 0 Å². The lowest BCUT2D eigenvalue weighted by Gasteiger charge is -2.02. The summed E-state index contributed by atoms with van der Waals surface area (Å²) in [6.45, 7) is 0. The third-order valence-corrected chi connectivity index (χ3v) is 4.37. The minimum Gasteiger partial charge on any atom is -0.478 e. The van der Waals surface area contributed by atoms with Crippen LogP contribution in [0, 0.1) is 11.6 Å². The molecule has 25 heavy (non-hydrogen) atoms. The maximum atomic E-state index is 13.2. The smallest absolute Gasteiger partial charge is 0.337 e. The number of carboxylic acids is 1. The number of amides is 1. The summed E-state index contributed by atoms with van der Waals surface area (Å²) in [5, 5.41) is 10.7. The number of carbonyl (C=O) groups excluding carboxylic acids is 2. The van der Waals surface area contributed by atoms with E-state index in [0.717, 1.165) is 0 Å². The molecule has 6 nitrogen and oxygen atoms in total. The molecule has 0 aliphatic carbocycles. The molecule has 1 aliphatic heterocycles. The Morgan fingerprint density at radius 2 is 1.60 bits per heavy atom. The Kier molecular flexibility index (Phi) is 5.53. The monoisotopic (exact) mass is 476 g/mol. The summed E-state index contributed by atoms with van der Waals surface area (Å²) in [7, 11) is 0. The summed E-state index contributed by atoms with van der Waals surface area (Å²) in [5.74, 6) is -4.07. The van der Waals surface area contributed by atoms with Gasteiger partial charge >= 0.3 is 5.97 Å². The van der Waals surface area contributed by atoms with Gasteiger partial charge in [-0.2, -0.15) is 0 Å². The highest BCUT2D eigenvalue weighted by atomic mass is 79.9. The molecular formula is C15H8Br2F2N2O4. The molecule has 130 valence electrons. The number of ketones is 1. The molecule has 0 aromatic heterocycles. The zero-order valence-electron chi connectivity index (χ0n) is 12.1. The first kappa shape index (κ1) is 19.0. The van der Waals surface area contributed by atoms with E-state index in [1.54, 1.807) is 0 Å². The van der Waals surface area contributed by atoms with E-state index in [-0.39, 0.29) is 31.4 Å². The van der Waals surface area contributed by atoms with Gasteiger partial charge in [-0.1, -0.05) is 0 Å². The van der Waals surface area contributed by atoms with E-state index < -0.39 is 29.3 Å². The first-order valence-electron chi connectivity index (χ1n) is 6.45. The number of nitrogens with one attached hydrogen (secondary N) is 1. The number of rotatable bonds is 1. The normalized spacial score (nSPS) is 12.2. The number of aromatic carboxylic acids is 1. The maximum absolute atomic E-state index is 13.2. The molecule has 4 N–H and O–H groups in total. The molecule has 0 saturated heterocycles. The number of hydrogen-bond acceptors (Lipinski definition) is 4. The molecule has 1 aliphatic rings. The van der Waals surface area contributed by atoms with Crippen LogP contribution in [0.5, 0.6) is 0 Å². The van der Waals surface area contributed by atoms with E-state index in [1.165, 1.54) is 24.3 Å². The number of carbonyl (C=O) groups is 3. The van der Waals surface area contributed by atoms with Crippen molar-refractivity contribution in [1.82, 2.24) is 0 Å². The van der Waals surface area contributed by atoms with Gasteiger partial charge in [-0.25, -0.2) is 13.6 Å². The number of nitrogens with two attached hydrogens (primary N) is 1. The first-order valence-corrected chi connectivity index (χ1v) is 8.04. The van der Waals surface area contributed by atoms with E-state index in [0.29, 0.717) is 0 Å². The van der Waals surface area contributed by atoms with Crippen molar-refractivity contribution in [3.63, 3.8) is 0 Å². The molecule has 1 heterocycles. The van der Waals surface area contributed by atoms with Crippen molar-refractivity contribution in [1.29, 1.82) is 0 Å². The molecule has 10 heteroatoms. The molecule has 0 bridgehead atoms. The molecule has 2 aromatic carbocycles. The lowest BCUT2D eigenvalue weighted by molar-refractivity contribution is -0.112. The van der Waals surface area contributed by atoms with Crippen molar-refractivity contribution < 1.29 is 28.3 Å². The fourth-order valence-electron chi connectivity index (χ4n) is 1.91. The molecule has 0 atom stereocenters. The molecule has 0 unspecified atom stereocenters. The third-order valence-electron chi connectivity index (χ3n) is 3.15. The second-order valence-electron chi connectivity index (χ2n) is 4.69. The van der Waals surface area contributed by atoms with Gasteiger partial charge in [-0.15, -0.1) is 0 Å². The predicted molar refractivity (Wildman–Crippen MR) is 92.5 cm³/mol. The molecule has 2 aromatic rings. The molecule has 0 radical (unpaired) electrons. The van der Waals surface area contributed by atoms with Crippen LogP contribution in [0.3, 0.4) is 0 Å².